The van der Waals surface area contributed by atoms with E-state index in [-0.39, 0.29) is 11.9 Å². The van der Waals surface area contributed by atoms with Crippen LogP contribution < -0.4 is 5.32 Å². The quantitative estimate of drug-likeness (QED) is 0.604. The Labute approximate surface area is 171 Å². The van der Waals surface area contributed by atoms with E-state index in [9.17, 15) is 9.59 Å². The first-order valence-electron chi connectivity index (χ1n) is 9.33. The minimum absolute atomic E-state index is 0.113. The molecule has 1 aliphatic heterocycles. The standard InChI is InChI=1S/C21H20N4O3S/c1-2-15(13-6-4-3-5-7-13)24-20-19-14-10-25(17(26)8-9-18(27)28)11-16(14)29-21(19)23-12-22-20/h3-9,12,15H,2,10-11H2,1H3,(H,27,28)(H,22,23,24)/t15-/m1/s1. The number of carbonyl (C=O) groups excluding carboxylic acids is 1. The Morgan fingerprint density at radius 3 is 2.76 bits per heavy atom. The van der Waals surface area contributed by atoms with E-state index in [1.807, 2.05) is 18.2 Å². The number of thiophene rings is 1. The molecule has 3 aromatic rings. The van der Waals surface area contributed by atoms with Gasteiger partial charge in [0, 0.05) is 29.1 Å². The zero-order chi connectivity index (χ0) is 20.4. The number of anilines is 1. The number of carboxylic acid groups (broad SMARTS) is 1. The fraction of sp³-hybridized carbons (Fsp3) is 0.238. The number of carboxylic acids is 1. The maximum Gasteiger partial charge on any atom is 0.328 e. The van der Waals surface area contributed by atoms with Crippen LogP contribution in [0.4, 0.5) is 5.82 Å². The first-order valence-corrected chi connectivity index (χ1v) is 10.1. The van der Waals surface area contributed by atoms with E-state index >= 15 is 0 Å². The zero-order valence-electron chi connectivity index (χ0n) is 15.8. The van der Waals surface area contributed by atoms with Crippen LogP contribution in [0.1, 0.15) is 35.4 Å². The number of nitrogens with zero attached hydrogens (tertiary/aromatic N) is 3. The summed E-state index contributed by atoms with van der Waals surface area (Å²) in [6.45, 7) is 2.99. The number of hydrogen-bond acceptors (Lipinski definition) is 6. The number of nitrogens with one attached hydrogen (secondary N) is 1. The monoisotopic (exact) mass is 408 g/mol. The highest BCUT2D eigenvalue weighted by Gasteiger charge is 2.29. The zero-order valence-corrected chi connectivity index (χ0v) is 16.6. The molecule has 1 aliphatic rings. The Morgan fingerprint density at radius 1 is 1.24 bits per heavy atom. The van der Waals surface area contributed by atoms with E-state index in [1.165, 1.54) is 5.56 Å². The van der Waals surface area contributed by atoms with E-state index in [0.717, 1.165) is 45.0 Å². The van der Waals surface area contributed by atoms with Crippen molar-refractivity contribution in [1.82, 2.24) is 14.9 Å². The lowest BCUT2D eigenvalue weighted by atomic mass is 10.0. The number of aliphatic carboxylic acids is 1. The van der Waals surface area contributed by atoms with Gasteiger partial charge in [-0.2, -0.15) is 0 Å². The van der Waals surface area contributed by atoms with Gasteiger partial charge >= 0.3 is 5.97 Å². The van der Waals surface area contributed by atoms with Crippen LogP contribution in [0.5, 0.6) is 0 Å². The third-order valence-electron chi connectivity index (χ3n) is 4.96. The highest BCUT2D eigenvalue weighted by Crippen LogP contribution is 2.40. The predicted octanol–water partition coefficient (Wildman–Crippen LogP) is 3.74. The third kappa shape index (κ3) is 3.84. The molecule has 148 valence electrons. The van der Waals surface area contributed by atoms with Crippen molar-refractivity contribution in [2.75, 3.05) is 5.32 Å². The molecule has 0 aliphatic carbocycles. The number of hydrogen-bond donors (Lipinski definition) is 2. The first kappa shape index (κ1) is 19.1. The second-order valence-electron chi connectivity index (χ2n) is 6.79. The fourth-order valence-corrected chi connectivity index (χ4v) is 4.70. The third-order valence-corrected chi connectivity index (χ3v) is 6.08. The molecule has 0 unspecified atom stereocenters. The smallest absolute Gasteiger partial charge is 0.328 e. The van der Waals surface area contributed by atoms with Gasteiger partial charge in [-0.15, -0.1) is 11.3 Å². The molecular weight excluding hydrogens is 388 g/mol. The fourth-order valence-electron chi connectivity index (χ4n) is 3.54. The molecule has 7 nitrogen and oxygen atoms in total. The highest BCUT2D eigenvalue weighted by atomic mass is 32.1. The SMILES string of the molecule is CC[C@@H](Nc1ncnc2sc3c(c12)CN(C(=O)C=CC(=O)O)C3)c1ccccc1. The summed E-state index contributed by atoms with van der Waals surface area (Å²) in [6.07, 6.45) is 4.42. The second-order valence-corrected chi connectivity index (χ2v) is 7.87. The van der Waals surface area contributed by atoms with E-state index < -0.39 is 5.97 Å². The summed E-state index contributed by atoms with van der Waals surface area (Å²) >= 11 is 1.55. The Balaban J connectivity index is 1.64. The largest absolute Gasteiger partial charge is 0.478 e. The molecule has 3 heterocycles. The summed E-state index contributed by atoms with van der Waals surface area (Å²) in [5.74, 6) is -0.686. The topological polar surface area (TPSA) is 95.4 Å². The molecule has 4 rings (SSSR count). The summed E-state index contributed by atoms with van der Waals surface area (Å²) in [4.78, 5) is 35.4. The molecule has 0 spiro atoms. The van der Waals surface area contributed by atoms with Gasteiger partial charge in [0.05, 0.1) is 18.0 Å². The van der Waals surface area contributed by atoms with Gasteiger partial charge in [-0.3, -0.25) is 4.79 Å². The van der Waals surface area contributed by atoms with Crippen LogP contribution in [0, 0.1) is 0 Å². The molecule has 1 amide bonds. The van der Waals surface area contributed by atoms with Crippen LogP contribution in [0.3, 0.4) is 0 Å². The van der Waals surface area contributed by atoms with Crippen LogP contribution in [0.15, 0.2) is 48.8 Å². The number of benzene rings is 1. The molecule has 29 heavy (non-hydrogen) atoms. The van der Waals surface area contributed by atoms with Crippen LogP contribution in [0.25, 0.3) is 10.2 Å². The van der Waals surface area contributed by atoms with E-state index in [4.69, 9.17) is 5.11 Å². The van der Waals surface area contributed by atoms with Gasteiger partial charge in [-0.05, 0) is 12.0 Å². The maximum absolute atomic E-state index is 12.3. The van der Waals surface area contributed by atoms with Crippen molar-refractivity contribution in [1.29, 1.82) is 0 Å². The number of carbonyl (C=O) groups is 2. The Morgan fingerprint density at radius 2 is 2.03 bits per heavy atom. The van der Waals surface area contributed by atoms with Crippen LogP contribution >= 0.6 is 11.3 Å². The lowest BCUT2D eigenvalue weighted by Crippen LogP contribution is -2.23. The summed E-state index contributed by atoms with van der Waals surface area (Å²) in [5.41, 5.74) is 2.22. The van der Waals surface area contributed by atoms with Gasteiger partial charge in [0.25, 0.3) is 0 Å². The Kier molecular flexibility index (Phi) is 5.26. The average Bonchev–Trinajstić information content (AvgIpc) is 3.29. The Hall–Kier alpha value is -3.26. The lowest BCUT2D eigenvalue weighted by Gasteiger charge is -2.19. The van der Waals surface area contributed by atoms with E-state index in [1.54, 1.807) is 22.6 Å². The van der Waals surface area contributed by atoms with Gasteiger partial charge in [-0.1, -0.05) is 37.3 Å². The van der Waals surface area contributed by atoms with Crippen LogP contribution in [-0.2, 0) is 22.7 Å². The predicted molar refractivity (Wildman–Crippen MR) is 112 cm³/mol. The van der Waals surface area contributed by atoms with Gasteiger partial charge in [0.15, 0.2) is 0 Å². The lowest BCUT2D eigenvalue weighted by molar-refractivity contribution is -0.132. The summed E-state index contributed by atoms with van der Waals surface area (Å²) < 4.78 is 0. The maximum atomic E-state index is 12.3. The summed E-state index contributed by atoms with van der Waals surface area (Å²) in [7, 11) is 0. The number of rotatable bonds is 6. The minimum atomic E-state index is -1.14. The van der Waals surface area contributed by atoms with Gasteiger partial charge in [0.2, 0.25) is 5.91 Å². The van der Waals surface area contributed by atoms with Crippen LogP contribution in [0.2, 0.25) is 0 Å². The molecule has 0 bridgehead atoms. The van der Waals surface area contributed by atoms with Gasteiger partial charge < -0.3 is 15.3 Å². The number of aromatic nitrogens is 2. The number of amides is 1. The van der Waals surface area contributed by atoms with Crippen molar-refractivity contribution in [2.45, 2.75) is 32.5 Å². The molecule has 0 saturated heterocycles. The molecule has 1 atom stereocenters. The molecule has 1 aromatic carbocycles. The molecule has 2 aromatic heterocycles. The molecule has 0 saturated carbocycles. The Bertz CT molecular complexity index is 1090. The van der Waals surface area contributed by atoms with Crippen molar-refractivity contribution in [3.8, 4) is 0 Å². The number of fused-ring (bicyclic) bond motifs is 3. The van der Waals surface area contributed by atoms with Crippen LogP contribution in [-0.4, -0.2) is 31.9 Å². The molecular formula is C21H20N4O3S. The van der Waals surface area contributed by atoms with Crippen molar-refractivity contribution >= 4 is 39.2 Å². The van der Waals surface area contributed by atoms with Crippen molar-refractivity contribution in [3.05, 3.63) is 64.8 Å². The van der Waals surface area contributed by atoms with Gasteiger partial charge in [0.1, 0.15) is 17.0 Å². The van der Waals surface area contributed by atoms with Gasteiger partial charge in [-0.25, -0.2) is 14.8 Å². The van der Waals surface area contributed by atoms with Crippen molar-refractivity contribution in [3.63, 3.8) is 0 Å². The van der Waals surface area contributed by atoms with E-state index in [0.29, 0.717) is 13.1 Å². The normalized spacial score (nSPS) is 14.3. The van der Waals surface area contributed by atoms with Crippen molar-refractivity contribution in [2.24, 2.45) is 0 Å². The summed E-state index contributed by atoms with van der Waals surface area (Å²) in [6, 6.07) is 10.3. The molecule has 0 radical (unpaired) electrons. The second kappa shape index (κ2) is 8.00. The average molecular weight is 408 g/mol. The summed E-state index contributed by atoms with van der Waals surface area (Å²) in [5, 5.41) is 13.2. The van der Waals surface area contributed by atoms with Crippen molar-refractivity contribution < 1.29 is 14.7 Å². The highest BCUT2D eigenvalue weighted by molar-refractivity contribution is 7.19. The first-order chi connectivity index (χ1) is 14.1. The van der Waals surface area contributed by atoms with E-state index in [2.05, 4.69) is 34.3 Å². The molecule has 0 fully saturated rings. The minimum Gasteiger partial charge on any atom is -0.478 e. The molecule has 2 N–H and O–H groups in total. The molecule has 8 heteroatoms.